The van der Waals surface area contributed by atoms with Gasteiger partial charge in [0.15, 0.2) is 5.75 Å². The van der Waals surface area contributed by atoms with Crippen LogP contribution in [0.5, 0.6) is 17.2 Å². The molecule has 1 N–H and O–H groups in total. The summed E-state index contributed by atoms with van der Waals surface area (Å²) < 4.78 is 15.8. The van der Waals surface area contributed by atoms with Crippen molar-refractivity contribution >= 4 is 34.3 Å². The normalized spacial score (nSPS) is 10.6. The average Bonchev–Trinajstić information content (AvgIpc) is 2.97. The standard InChI is InChI=1S/C19H16ClNO5/c1-10(22)26-19-13-6-4-11(20)8-15(13)21-17(19)18(23)14-9-12(24-2)5-7-16(14)25-3/h4-9,21H,1-3H3. The lowest BCUT2D eigenvalue weighted by atomic mass is 10.1. The highest BCUT2D eigenvalue weighted by Crippen LogP contribution is 2.35. The monoisotopic (exact) mass is 373 g/mol. The summed E-state index contributed by atoms with van der Waals surface area (Å²) in [4.78, 5) is 27.7. The number of aromatic nitrogens is 1. The lowest BCUT2D eigenvalue weighted by molar-refractivity contribution is -0.131. The van der Waals surface area contributed by atoms with Crippen LogP contribution >= 0.6 is 11.6 Å². The van der Waals surface area contributed by atoms with E-state index in [9.17, 15) is 9.59 Å². The van der Waals surface area contributed by atoms with E-state index < -0.39 is 11.8 Å². The molecular formula is C19H16ClNO5. The number of carbonyl (C=O) groups excluding carboxylic acids is 2. The third-order valence-corrected chi connectivity index (χ3v) is 4.07. The van der Waals surface area contributed by atoms with Crippen LogP contribution in [0.1, 0.15) is 23.0 Å². The molecule has 0 aliphatic rings. The van der Waals surface area contributed by atoms with E-state index in [1.165, 1.54) is 21.1 Å². The van der Waals surface area contributed by atoms with Gasteiger partial charge in [-0.05, 0) is 36.4 Å². The average molecular weight is 374 g/mol. The number of ketones is 1. The van der Waals surface area contributed by atoms with Gasteiger partial charge < -0.3 is 19.2 Å². The summed E-state index contributed by atoms with van der Waals surface area (Å²) in [5, 5.41) is 1.07. The maximum atomic E-state index is 13.2. The number of benzene rings is 2. The molecule has 0 atom stereocenters. The Balaban J connectivity index is 2.21. The van der Waals surface area contributed by atoms with Gasteiger partial charge in [0, 0.05) is 17.3 Å². The summed E-state index contributed by atoms with van der Waals surface area (Å²) in [5.74, 6) is 0.0967. The van der Waals surface area contributed by atoms with Crippen LogP contribution in [0.2, 0.25) is 5.02 Å². The molecule has 134 valence electrons. The minimum absolute atomic E-state index is 0.129. The third kappa shape index (κ3) is 3.23. The van der Waals surface area contributed by atoms with Crippen LogP contribution in [0.15, 0.2) is 36.4 Å². The van der Waals surface area contributed by atoms with E-state index in [1.807, 2.05) is 0 Å². The van der Waals surface area contributed by atoms with Crippen molar-refractivity contribution in [1.29, 1.82) is 0 Å². The van der Waals surface area contributed by atoms with E-state index in [0.29, 0.717) is 27.4 Å². The molecule has 2 aromatic carbocycles. The predicted molar refractivity (Wildman–Crippen MR) is 97.6 cm³/mol. The number of hydrogen-bond donors (Lipinski definition) is 1. The van der Waals surface area contributed by atoms with Gasteiger partial charge in [0.1, 0.15) is 17.2 Å². The number of nitrogens with one attached hydrogen (secondary N) is 1. The van der Waals surface area contributed by atoms with Crippen LogP contribution < -0.4 is 14.2 Å². The largest absolute Gasteiger partial charge is 0.497 e. The Kier molecular flexibility index (Phi) is 4.86. The van der Waals surface area contributed by atoms with Crippen molar-refractivity contribution in [3.63, 3.8) is 0 Å². The second-order valence-electron chi connectivity index (χ2n) is 5.51. The number of fused-ring (bicyclic) bond motifs is 1. The molecular weight excluding hydrogens is 358 g/mol. The molecule has 26 heavy (non-hydrogen) atoms. The molecule has 7 heteroatoms. The minimum Gasteiger partial charge on any atom is -0.497 e. The van der Waals surface area contributed by atoms with Crippen LogP contribution in [0.25, 0.3) is 10.9 Å². The molecule has 0 saturated heterocycles. The Hall–Kier alpha value is -2.99. The molecule has 1 heterocycles. The maximum Gasteiger partial charge on any atom is 0.308 e. The van der Waals surface area contributed by atoms with E-state index >= 15 is 0 Å². The van der Waals surface area contributed by atoms with Gasteiger partial charge in [0.2, 0.25) is 5.78 Å². The van der Waals surface area contributed by atoms with Crippen LogP contribution in [0, 0.1) is 0 Å². The zero-order valence-electron chi connectivity index (χ0n) is 14.4. The summed E-state index contributed by atoms with van der Waals surface area (Å²) in [6.07, 6.45) is 0. The highest BCUT2D eigenvalue weighted by Gasteiger charge is 2.24. The van der Waals surface area contributed by atoms with Gasteiger partial charge in [-0.15, -0.1) is 0 Å². The molecule has 3 aromatic rings. The Morgan fingerprint density at radius 1 is 1.04 bits per heavy atom. The van der Waals surface area contributed by atoms with Crippen LogP contribution in [0.4, 0.5) is 0 Å². The van der Waals surface area contributed by atoms with Gasteiger partial charge in [-0.25, -0.2) is 0 Å². The zero-order chi connectivity index (χ0) is 18.8. The van der Waals surface area contributed by atoms with Gasteiger partial charge in [-0.2, -0.15) is 0 Å². The van der Waals surface area contributed by atoms with E-state index in [-0.39, 0.29) is 17.0 Å². The van der Waals surface area contributed by atoms with Crippen LogP contribution in [-0.2, 0) is 4.79 Å². The molecule has 0 aliphatic carbocycles. The Morgan fingerprint density at radius 2 is 1.81 bits per heavy atom. The number of ether oxygens (including phenoxy) is 3. The molecule has 0 unspecified atom stereocenters. The topological polar surface area (TPSA) is 77.6 Å². The molecule has 0 fully saturated rings. The summed E-state index contributed by atoms with van der Waals surface area (Å²) in [5.41, 5.74) is 0.987. The zero-order valence-corrected chi connectivity index (χ0v) is 15.1. The second-order valence-corrected chi connectivity index (χ2v) is 5.94. The van der Waals surface area contributed by atoms with Crippen molar-refractivity contribution in [2.24, 2.45) is 0 Å². The number of aromatic amines is 1. The molecule has 0 radical (unpaired) electrons. The molecule has 0 spiro atoms. The fraction of sp³-hybridized carbons (Fsp3) is 0.158. The number of rotatable bonds is 5. The van der Waals surface area contributed by atoms with Crippen LogP contribution in [0.3, 0.4) is 0 Å². The quantitative estimate of drug-likeness (QED) is 0.540. The first-order chi connectivity index (χ1) is 12.4. The number of hydrogen-bond acceptors (Lipinski definition) is 5. The molecule has 0 bridgehead atoms. The molecule has 0 aliphatic heterocycles. The lowest BCUT2D eigenvalue weighted by Crippen LogP contribution is -2.09. The number of halogens is 1. The predicted octanol–water partition coefficient (Wildman–Crippen LogP) is 3.99. The smallest absolute Gasteiger partial charge is 0.308 e. The van der Waals surface area contributed by atoms with Gasteiger partial charge in [0.05, 0.1) is 25.3 Å². The second kappa shape index (κ2) is 7.09. The molecule has 3 rings (SSSR count). The van der Waals surface area contributed by atoms with Gasteiger partial charge in [-0.3, -0.25) is 9.59 Å². The fourth-order valence-electron chi connectivity index (χ4n) is 2.68. The lowest BCUT2D eigenvalue weighted by Gasteiger charge is -2.10. The number of esters is 1. The maximum absolute atomic E-state index is 13.2. The van der Waals surface area contributed by atoms with Crippen molar-refractivity contribution in [2.45, 2.75) is 6.92 Å². The first-order valence-corrected chi connectivity index (χ1v) is 8.08. The van der Waals surface area contributed by atoms with Crippen molar-refractivity contribution in [3.8, 4) is 17.2 Å². The number of carbonyl (C=O) groups is 2. The molecule has 0 amide bonds. The van der Waals surface area contributed by atoms with Gasteiger partial charge in [0.25, 0.3) is 0 Å². The molecule has 6 nitrogen and oxygen atoms in total. The SMILES string of the molecule is COc1ccc(OC)c(C(=O)c2[nH]c3cc(Cl)ccc3c2OC(C)=O)c1. The van der Waals surface area contributed by atoms with Crippen molar-refractivity contribution in [2.75, 3.05) is 14.2 Å². The van der Waals surface area contributed by atoms with E-state index in [4.69, 9.17) is 25.8 Å². The highest BCUT2D eigenvalue weighted by molar-refractivity contribution is 6.31. The Labute approximate surface area is 154 Å². The molecule has 1 aromatic heterocycles. The minimum atomic E-state index is -0.535. The van der Waals surface area contributed by atoms with Crippen molar-refractivity contribution < 1.29 is 23.8 Å². The van der Waals surface area contributed by atoms with Gasteiger partial charge in [-0.1, -0.05) is 11.6 Å². The van der Waals surface area contributed by atoms with E-state index in [0.717, 1.165) is 0 Å². The van der Waals surface area contributed by atoms with E-state index in [2.05, 4.69) is 4.98 Å². The third-order valence-electron chi connectivity index (χ3n) is 3.84. The fourth-order valence-corrected chi connectivity index (χ4v) is 2.85. The summed E-state index contributed by atoms with van der Waals surface area (Å²) >= 11 is 6.02. The summed E-state index contributed by atoms with van der Waals surface area (Å²) in [6.45, 7) is 1.27. The first-order valence-electron chi connectivity index (χ1n) is 7.71. The summed E-state index contributed by atoms with van der Waals surface area (Å²) in [6, 6.07) is 9.89. The molecule has 0 saturated carbocycles. The van der Waals surface area contributed by atoms with Gasteiger partial charge >= 0.3 is 5.97 Å². The Bertz CT molecular complexity index is 1010. The summed E-state index contributed by atoms with van der Waals surface area (Å²) in [7, 11) is 2.97. The van der Waals surface area contributed by atoms with Crippen LogP contribution in [-0.4, -0.2) is 31.0 Å². The number of methoxy groups -OCH3 is 2. The van der Waals surface area contributed by atoms with Crippen molar-refractivity contribution in [1.82, 2.24) is 4.98 Å². The first kappa shape index (κ1) is 17.8. The van der Waals surface area contributed by atoms with Crippen molar-refractivity contribution in [3.05, 3.63) is 52.7 Å². The Morgan fingerprint density at radius 3 is 2.46 bits per heavy atom. The highest BCUT2D eigenvalue weighted by atomic mass is 35.5. The van der Waals surface area contributed by atoms with E-state index in [1.54, 1.807) is 36.4 Å². The number of H-pyrrole nitrogens is 1.